The van der Waals surface area contributed by atoms with E-state index >= 15 is 0 Å². The Balaban J connectivity index is 2.13. The summed E-state index contributed by atoms with van der Waals surface area (Å²) in [5, 5.41) is 21.6. The lowest BCUT2D eigenvalue weighted by Crippen LogP contribution is -2.22. The van der Waals surface area contributed by atoms with Crippen LogP contribution in [0, 0.1) is 11.8 Å². The zero-order valence-corrected chi connectivity index (χ0v) is 7.79. The van der Waals surface area contributed by atoms with Crippen molar-refractivity contribution in [1.29, 1.82) is 0 Å². The Morgan fingerprint density at radius 2 is 1.46 bits per heavy atom. The van der Waals surface area contributed by atoms with Crippen molar-refractivity contribution in [1.82, 2.24) is 5.32 Å². The van der Waals surface area contributed by atoms with Crippen LogP contribution in [0.5, 0.6) is 0 Å². The topological polar surface area (TPSA) is 52.5 Å². The first kappa shape index (κ1) is 9.19. The van der Waals surface area contributed by atoms with Crippen LogP contribution in [0.25, 0.3) is 0 Å². The predicted octanol–water partition coefficient (Wildman–Crippen LogP) is -0.103. The van der Waals surface area contributed by atoms with Gasteiger partial charge in [-0.3, -0.25) is 0 Å². The molecule has 2 atom stereocenters. The van der Waals surface area contributed by atoms with Crippen LogP contribution in [0.2, 0.25) is 0 Å². The molecule has 13 heavy (non-hydrogen) atoms. The first-order valence-corrected chi connectivity index (χ1v) is 4.97. The maximum Gasteiger partial charge on any atom is 0.0645 e. The zero-order valence-electron chi connectivity index (χ0n) is 7.79. The lowest BCUT2D eigenvalue weighted by molar-refractivity contribution is 0.268. The molecule has 0 aromatic carbocycles. The summed E-state index contributed by atoms with van der Waals surface area (Å²) in [6.07, 6.45) is 1.95. The Morgan fingerprint density at radius 3 is 1.85 bits per heavy atom. The molecular formula is C10H17NO2. The highest BCUT2D eigenvalue weighted by Gasteiger charge is 2.32. The third-order valence-electron chi connectivity index (χ3n) is 3.38. The molecule has 3 heteroatoms. The van der Waals surface area contributed by atoms with Crippen molar-refractivity contribution in [3.8, 4) is 0 Å². The Morgan fingerprint density at radius 1 is 1.00 bits per heavy atom. The summed E-state index contributed by atoms with van der Waals surface area (Å²) < 4.78 is 0. The minimum absolute atomic E-state index is 0.124. The average Bonchev–Trinajstić information content (AvgIpc) is 2.62. The van der Waals surface area contributed by atoms with Crippen LogP contribution in [0.1, 0.15) is 12.8 Å². The second-order valence-electron chi connectivity index (χ2n) is 4.11. The summed E-state index contributed by atoms with van der Waals surface area (Å²) >= 11 is 0. The van der Waals surface area contributed by atoms with Gasteiger partial charge in [0.25, 0.3) is 0 Å². The number of aliphatic hydroxyl groups is 2. The van der Waals surface area contributed by atoms with E-state index in [4.69, 9.17) is 10.2 Å². The van der Waals surface area contributed by atoms with Gasteiger partial charge in [-0.05, 0) is 48.9 Å². The Hall–Kier alpha value is -0.380. The molecule has 0 aromatic heterocycles. The molecule has 1 aliphatic heterocycles. The van der Waals surface area contributed by atoms with E-state index in [0.29, 0.717) is 11.8 Å². The predicted molar refractivity (Wildman–Crippen MR) is 50.3 cm³/mol. The molecule has 1 aliphatic carbocycles. The summed E-state index contributed by atoms with van der Waals surface area (Å²) in [6, 6.07) is 0. The SMILES string of the molecule is OCC1=C(CO)CC2CNCC2C1. The lowest BCUT2D eigenvalue weighted by Gasteiger charge is -2.28. The van der Waals surface area contributed by atoms with Crippen molar-refractivity contribution in [3.05, 3.63) is 11.1 Å². The van der Waals surface area contributed by atoms with E-state index in [-0.39, 0.29) is 13.2 Å². The van der Waals surface area contributed by atoms with Crippen molar-refractivity contribution in [3.63, 3.8) is 0 Å². The smallest absolute Gasteiger partial charge is 0.0645 e. The van der Waals surface area contributed by atoms with E-state index in [0.717, 1.165) is 37.1 Å². The molecule has 2 aliphatic rings. The van der Waals surface area contributed by atoms with Gasteiger partial charge in [0.15, 0.2) is 0 Å². The van der Waals surface area contributed by atoms with Gasteiger partial charge in [-0.2, -0.15) is 0 Å². The standard InChI is InChI=1S/C10H17NO2/c12-5-9-1-7-3-11-4-8(7)2-10(9)6-13/h7-8,11-13H,1-6H2. The van der Waals surface area contributed by atoms with Gasteiger partial charge in [0.1, 0.15) is 0 Å². The fourth-order valence-corrected chi connectivity index (χ4v) is 2.54. The molecule has 1 fully saturated rings. The van der Waals surface area contributed by atoms with Gasteiger partial charge in [0, 0.05) is 0 Å². The molecule has 3 N–H and O–H groups in total. The number of hydrogen-bond acceptors (Lipinski definition) is 3. The molecule has 0 radical (unpaired) electrons. The van der Waals surface area contributed by atoms with E-state index in [9.17, 15) is 0 Å². The average molecular weight is 183 g/mol. The number of hydrogen-bond donors (Lipinski definition) is 3. The first-order valence-electron chi connectivity index (χ1n) is 4.97. The maximum atomic E-state index is 9.12. The third kappa shape index (κ3) is 1.64. The van der Waals surface area contributed by atoms with Crippen LogP contribution in [-0.2, 0) is 0 Å². The molecule has 2 rings (SSSR count). The Kier molecular flexibility index (Phi) is 2.67. The van der Waals surface area contributed by atoms with Gasteiger partial charge in [-0.25, -0.2) is 0 Å². The summed E-state index contributed by atoms with van der Waals surface area (Å²) in [4.78, 5) is 0. The van der Waals surface area contributed by atoms with Gasteiger partial charge >= 0.3 is 0 Å². The molecule has 0 aromatic rings. The molecule has 0 amide bonds. The van der Waals surface area contributed by atoms with Crippen molar-refractivity contribution >= 4 is 0 Å². The van der Waals surface area contributed by atoms with E-state index < -0.39 is 0 Å². The third-order valence-corrected chi connectivity index (χ3v) is 3.38. The minimum Gasteiger partial charge on any atom is -0.392 e. The highest BCUT2D eigenvalue weighted by atomic mass is 16.3. The maximum absolute atomic E-state index is 9.12. The molecule has 1 heterocycles. The highest BCUT2D eigenvalue weighted by molar-refractivity contribution is 5.21. The number of rotatable bonds is 2. The van der Waals surface area contributed by atoms with Gasteiger partial charge in [-0.15, -0.1) is 0 Å². The van der Waals surface area contributed by atoms with Crippen LogP contribution in [0.15, 0.2) is 11.1 Å². The number of nitrogens with one attached hydrogen (secondary N) is 1. The lowest BCUT2D eigenvalue weighted by atomic mass is 9.78. The monoisotopic (exact) mass is 183 g/mol. The molecule has 0 spiro atoms. The summed E-state index contributed by atoms with van der Waals surface area (Å²) in [5.74, 6) is 1.38. The molecule has 74 valence electrons. The fraction of sp³-hybridized carbons (Fsp3) is 0.800. The molecule has 2 unspecified atom stereocenters. The van der Waals surface area contributed by atoms with Crippen LogP contribution >= 0.6 is 0 Å². The van der Waals surface area contributed by atoms with Crippen LogP contribution in [-0.4, -0.2) is 36.5 Å². The van der Waals surface area contributed by atoms with Crippen LogP contribution in [0.4, 0.5) is 0 Å². The Labute approximate surface area is 78.5 Å². The second kappa shape index (κ2) is 3.78. The summed E-state index contributed by atoms with van der Waals surface area (Å²) in [5.41, 5.74) is 2.15. The molecule has 0 bridgehead atoms. The van der Waals surface area contributed by atoms with Gasteiger partial charge < -0.3 is 15.5 Å². The van der Waals surface area contributed by atoms with Gasteiger partial charge in [-0.1, -0.05) is 0 Å². The molecule has 3 nitrogen and oxygen atoms in total. The second-order valence-corrected chi connectivity index (χ2v) is 4.11. The van der Waals surface area contributed by atoms with Crippen molar-refractivity contribution in [2.75, 3.05) is 26.3 Å². The van der Waals surface area contributed by atoms with Crippen LogP contribution < -0.4 is 5.32 Å². The minimum atomic E-state index is 0.124. The van der Waals surface area contributed by atoms with Gasteiger partial charge in [0.05, 0.1) is 13.2 Å². The highest BCUT2D eigenvalue weighted by Crippen LogP contribution is 2.35. The van der Waals surface area contributed by atoms with E-state index in [1.54, 1.807) is 0 Å². The van der Waals surface area contributed by atoms with Crippen molar-refractivity contribution in [2.45, 2.75) is 12.8 Å². The fourth-order valence-electron chi connectivity index (χ4n) is 2.54. The van der Waals surface area contributed by atoms with E-state index in [1.807, 2.05) is 0 Å². The normalized spacial score (nSPS) is 33.7. The van der Waals surface area contributed by atoms with Crippen molar-refractivity contribution < 1.29 is 10.2 Å². The first-order chi connectivity index (χ1) is 6.35. The van der Waals surface area contributed by atoms with Gasteiger partial charge in [0.2, 0.25) is 0 Å². The molecule has 1 saturated heterocycles. The van der Waals surface area contributed by atoms with Crippen molar-refractivity contribution in [2.24, 2.45) is 11.8 Å². The van der Waals surface area contributed by atoms with E-state index in [1.165, 1.54) is 0 Å². The quantitative estimate of drug-likeness (QED) is 0.524. The molecular weight excluding hydrogens is 166 g/mol. The number of fused-ring (bicyclic) bond motifs is 1. The Bertz CT molecular complexity index is 203. The zero-order chi connectivity index (χ0) is 9.26. The number of aliphatic hydroxyl groups excluding tert-OH is 2. The molecule has 0 saturated carbocycles. The largest absolute Gasteiger partial charge is 0.392 e. The summed E-state index contributed by atoms with van der Waals surface area (Å²) in [6.45, 7) is 2.40. The summed E-state index contributed by atoms with van der Waals surface area (Å²) in [7, 11) is 0. The van der Waals surface area contributed by atoms with Crippen LogP contribution in [0.3, 0.4) is 0 Å². The van der Waals surface area contributed by atoms with E-state index in [2.05, 4.69) is 5.32 Å².